The maximum Gasteiger partial charge on any atom is 0.119 e. The third kappa shape index (κ3) is 4.02. The van der Waals surface area contributed by atoms with Crippen LogP contribution in [0.2, 0.25) is 0 Å². The van der Waals surface area contributed by atoms with Crippen LogP contribution in [-0.2, 0) is 0 Å². The summed E-state index contributed by atoms with van der Waals surface area (Å²) in [4.78, 5) is 0. The maximum atomic E-state index is 7.05. The summed E-state index contributed by atoms with van der Waals surface area (Å²) >= 11 is 0. The van der Waals surface area contributed by atoms with Gasteiger partial charge in [-0.2, -0.15) is 0 Å². The average Bonchev–Trinajstić information content (AvgIpc) is 2.18. The van der Waals surface area contributed by atoms with E-state index in [1.165, 1.54) is 5.56 Å². The first-order chi connectivity index (χ1) is 7.09. The monoisotopic (exact) mass is 206 g/mol. The van der Waals surface area contributed by atoms with E-state index in [2.05, 4.69) is 26.0 Å². The molecule has 0 spiro atoms. The summed E-state index contributed by atoms with van der Waals surface area (Å²) in [6.45, 7) is 4.79. The molecule has 0 amide bonds. The number of amidine groups is 1. The Hall–Kier alpha value is -1.51. The highest BCUT2D eigenvalue weighted by Gasteiger charge is 1.99. The molecule has 0 aliphatic heterocycles. The van der Waals surface area contributed by atoms with E-state index in [4.69, 9.17) is 15.9 Å². The molecule has 1 rings (SSSR count). The Kier molecular flexibility index (Phi) is 4.16. The van der Waals surface area contributed by atoms with Crippen LogP contribution in [0.25, 0.3) is 0 Å². The first kappa shape index (κ1) is 11.6. The van der Waals surface area contributed by atoms with E-state index in [1.54, 1.807) is 0 Å². The molecule has 0 aliphatic carbocycles. The van der Waals surface area contributed by atoms with E-state index in [-0.39, 0.29) is 5.84 Å². The molecule has 3 nitrogen and oxygen atoms in total. The number of ether oxygens (including phenoxy) is 1. The Labute approximate surface area is 90.8 Å². The van der Waals surface area contributed by atoms with Crippen molar-refractivity contribution in [3.63, 3.8) is 0 Å². The van der Waals surface area contributed by atoms with Crippen LogP contribution in [0.3, 0.4) is 0 Å². The van der Waals surface area contributed by atoms with Crippen molar-refractivity contribution in [2.75, 3.05) is 6.61 Å². The van der Waals surface area contributed by atoms with Crippen LogP contribution in [-0.4, -0.2) is 12.4 Å². The van der Waals surface area contributed by atoms with Crippen molar-refractivity contribution in [2.24, 2.45) is 5.73 Å². The van der Waals surface area contributed by atoms with Gasteiger partial charge in [-0.1, -0.05) is 26.0 Å². The molecule has 1 aromatic rings. The molecular formula is C12H18N2O. The molecule has 3 heteroatoms. The van der Waals surface area contributed by atoms with Gasteiger partial charge in [-0.25, -0.2) is 0 Å². The van der Waals surface area contributed by atoms with Crippen LogP contribution in [0.5, 0.6) is 5.75 Å². The van der Waals surface area contributed by atoms with Gasteiger partial charge in [-0.15, -0.1) is 0 Å². The van der Waals surface area contributed by atoms with Crippen LogP contribution in [0, 0.1) is 5.41 Å². The fraction of sp³-hybridized carbons (Fsp3) is 0.417. The Morgan fingerprint density at radius 3 is 2.40 bits per heavy atom. The molecule has 0 aliphatic rings. The summed E-state index contributed by atoms with van der Waals surface area (Å²) in [5.74, 6) is 1.53. The van der Waals surface area contributed by atoms with Gasteiger partial charge >= 0.3 is 0 Å². The summed E-state index contributed by atoms with van der Waals surface area (Å²) in [7, 11) is 0. The van der Waals surface area contributed by atoms with E-state index in [0.29, 0.717) is 18.9 Å². The molecule has 0 saturated heterocycles. The number of nitrogens with one attached hydrogen (secondary N) is 1. The maximum absolute atomic E-state index is 7.05. The van der Waals surface area contributed by atoms with Crippen LogP contribution in [0.4, 0.5) is 0 Å². The Morgan fingerprint density at radius 2 is 1.93 bits per heavy atom. The number of rotatable bonds is 5. The topological polar surface area (TPSA) is 59.1 Å². The van der Waals surface area contributed by atoms with Crippen molar-refractivity contribution in [3.8, 4) is 5.75 Å². The van der Waals surface area contributed by atoms with Gasteiger partial charge in [0.05, 0.1) is 12.4 Å². The Bertz CT molecular complexity index is 317. The molecule has 82 valence electrons. The second-order valence-electron chi connectivity index (χ2n) is 3.85. The molecular weight excluding hydrogens is 188 g/mol. The van der Waals surface area contributed by atoms with Gasteiger partial charge in [0.25, 0.3) is 0 Å². The Morgan fingerprint density at radius 1 is 1.33 bits per heavy atom. The first-order valence-electron chi connectivity index (χ1n) is 5.15. The minimum absolute atomic E-state index is 0.161. The second-order valence-corrected chi connectivity index (χ2v) is 3.85. The summed E-state index contributed by atoms with van der Waals surface area (Å²) in [5.41, 5.74) is 6.52. The lowest BCUT2D eigenvalue weighted by Gasteiger charge is -2.08. The second kappa shape index (κ2) is 5.39. The van der Waals surface area contributed by atoms with E-state index >= 15 is 0 Å². The van der Waals surface area contributed by atoms with Crippen LogP contribution < -0.4 is 10.5 Å². The molecule has 0 aromatic heterocycles. The summed E-state index contributed by atoms with van der Waals surface area (Å²) in [6, 6.07) is 8.03. The van der Waals surface area contributed by atoms with Gasteiger partial charge < -0.3 is 10.5 Å². The molecule has 1 aromatic carbocycles. The predicted molar refractivity (Wildman–Crippen MR) is 62.6 cm³/mol. The smallest absolute Gasteiger partial charge is 0.119 e. The van der Waals surface area contributed by atoms with Gasteiger partial charge in [-0.3, -0.25) is 5.41 Å². The number of hydrogen-bond acceptors (Lipinski definition) is 2. The number of hydrogen-bond donors (Lipinski definition) is 2. The van der Waals surface area contributed by atoms with Gasteiger partial charge in [0.2, 0.25) is 0 Å². The zero-order chi connectivity index (χ0) is 11.3. The normalized spacial score (nSPS) is 10.3. The first-order valence-corrected chi connectivity index (χ1v) is 5.15. The van der Waals surface area contributed by atoms with Gasteiger partial charge in [0.15, 0.2) is 0 Å². The lowest BCUT2D eigenvalue weighted by atomic mass is 10.0. The number of nitrogens with two attached hydrogens (primary N) is 1. The van der Waals surface area contributed by atoms with E-state index in [9.17, 15) is 0 Å². The number of benzene rings is 1. The van der Waals surface area contributed by atoms with Crippen molar-refractivity contribution in [3.05, 3.63) is 29.8 Å². The van der Waals surface area contributed by atoms with Crippen molar-refractivity contribution < 1.29 is 4.74 Å². The van der Waals surface area contributed by atoms with Crippen LogP contribution in [0.1, 0.15) is 31.7 Å². The molecule has 0 fully saturated rings. The minimum Gasteiger partial charge on any atom is -0.493 e. The van der Waals surface area contributed by atoms with Gasteiger partial charge in [-0.05, 0) is 23.6 Å². The quantitative estimate of drug-likeness (QED) is 0.574. The molecule has 0 saturated carbocycles. The molecule has 0 unspecified atom stereocenters. The zero-order valence-electron chi connectivity index (χ0n) is 9.29. The highest BCUT2D eigenvalue weighted by Crippen LogP contribution is 2.18. The summed E-state index contributed by atoms with van der Waals surface area (Å²) in [6.07, 6.45) is 0.478. The summed E-state index contributed by atoms with van der Waals surface area (Å²) in [5, 5.41) is 7.05. The zero-order valence-corrected chi connectivity index (χ0v) is 9.29. The van der Waals surface area contributed by atoms with Crippen LogP contribution >= 0.6 is 0 Å². The van der Waals surface area contributed by atoms with Crippen molar-refractivity contribution >= 4 is 5.84 Å². The largest absolute Gasteiger partial charge is 0.493 e. The van der Waals surface area contributed by atoms with Crippen molar-refractivity contribution in [2.45, 2.75) is 26.2 Å². The van der Waals surface area contributed by atoms with Gasteiger partial charge in [0, 0.05) is 6.42 Å². The Balaban J connectivity index is 2.46. The lowest BCUT2D eigenvalue weighted by Crippen LogP contribution is -2.13. The fourth-order valence-corrected chi connectivity index (χ4v) is 1.23. The van der Waals surface area contributed by atoms with Crippen LogP contribution in [0.15, 0.2) is 24.3 Å². The molecule has 0 atom stereocenters. The van der Waals surface area contributed by atoms with Crippen molar-refractivity contribution in [1.82, 2.24) is 0 Å². The molecule has 0 bridgehead atoms. The standard InChI is InChI=1S/C12H18N2O/c1-9(2)10-3-5-11(6-4-10)15-8-7-12(13)14/h3-6,9H,7-8H2,1-2H3,(H3,13,14). The molecule has 3 N–H and O–H groups in total. The lowest BCUT2D eigenvalue weighted by molar-refractivity contribution is 0.328. The predicted octanol–water partition coefficient (Wildman–Crippen LogP) is 2.51. The summed E-state index contributed by atoms with van der Waals surface area (Å²) < 4.78 is 5.43. The van der Waals surface area contributed by atoms with E-state index in [0.717, 1.165) is 5.75 Å². The third-order valence-electron chi connectivity index (χ3n) is 2.19. The third-order valence-corrected chi connectivity index (χ3v) is 2.19. The molecule has 15 heavy (non-hydrogen) atoms. The molecule has 0 heterocycles. The average molecular weight is 206 g/mol. The van der Waals surface area contributed by atoms with Gasteiger partial charge in [0.1, 0.15) is 5.75 Å². The highest BCUT2D eigenvalue weighted by atomic mass is 16.5. The van der Waals surface area contributed by atoms with E-state index < -0.39 is 0 Å². The molecule has 0 radical (unpaired) electrons. The fourth-order valence-electron chi connectivity index (χ4n) is 1.23. The minimum atomic E-state index is 0.161. The highest BCUT2D eigenvalue weighted by molar-refractivity contribution is 5.76. The van der Waals surface area contributed by atoms with Crippen molar-refractivity contribution in [1.29, 1.82) is 5.41 Å². The van der Waals surface area contributed by atoms with E-state index in [1.807, 2.05) is 12.1 Å². The SMILES string of the molecule is CC(C)c1ccc(OCCC(=N)N)cc1.